The van der Waals surface area contributed by atoms with Crippen LogP contribution in [0.3, 0.4) is 0 Å². The van der Waals surface area contributed by atoms with E-state index >= 15 is 0 Å². The number of aliphatic imine (C=N–C) groups is 1. The van der Waals surface area contributed by atoms with E-state index in [2.05, 4.69) is 59.9 Å². The summed E-state index contributed by atoms with van der Waals surface area (Å²) in [6.45, 7) is 6.81. The molecule has 0 saturated carbocycles. The molecule has 3 rings (SSSR count). The zero-order valence-electron chi connectivity index (χ0n) is 12.7. The van der Waals surface area contributed by atoms with Crippen LogP contribution < -0.4 is 0 Å². The summed E-state index contributed by atoms with van der Waals surface area (Å²) in [5.74, 6) is 0. The van der Waals surface area contributed by atoms with E-state index in [4.69, 9.17) is 0 Å². The summed E-state index contributed by atoms with van der Waals surface area (Å²) < 4.78 is 0. The monoisotopic (exact) mass is 286 g/mol. The highest BCUT2D eigenvalue weighted by Crippen LogP contribution is 2.20. The van der Waals surface area contributed by atoms with E-state index in [1.807, 2.05) is 18.3 Å². The van der Waals surface area contributed by atoms with Crippen molar-refractivity contribution in [2.24, 2.45) is 4.99 Å². The second kappa shape index (κ2) is 6.35. The van der Waals surface area contributed by atoms with E-state index in [0.29, 0.717) is 6.54 Å². The maximum Gasteiger partial charge on any atom is 0.0640 e. The van der Waals surface area contributed by atoms with E-state index in [1.165, 1.54) is 21.9 Å². The predicted octanol–water partition coefficient (Wildman–Crippen LogP) is 4.68. The molecular formula is C20H18N2. The highest BCUT2D eigenvalue weighted by molar-refractivity contribution is 6.01. The van der Waals surface area contributed by atoms with Gasteiger partial charge in [-0.05, 0) is 46.5 Å². The van der Waals surface area contributed by atoms with E-state index in [0.717, 1.165) is 11.1 Å². The number of rotatable bonds is 4. The summed E-state index contributed by atoms with van der Waals surface area (Å²) in [7, 11) is 0. The minimum absolute atomic E-state index is 0.590. The van der Waals surface area contributed by atoms with Gasteiger partial charge in [-0.3, -0.25) is 9.98 Å². The smallest absolute Gasteiger partial charge is 0.0640 e. The van der Waals surface area contributed by atoms with Gasteiger partial charge < -0.3 is 0 Å². The topological polar surface area (TPSA) is 25.2 Å². The first-order chi connectivity index (χ1) is 10.8. The first-order valence-electron chi connectivity index (χ1n) is 7.32. The van der Waals surface area contributed by atoms with E-state index in [-0.39, 0.29) is 0 Å². The Bertz CT molecular complexity index is 833. The molecule has 0 spiro atoms. The van der Waals surface area contributed by atoms with Gasteiger partial charge >= 0.3 is 0 Å². The standard InChI is InChI=1S/C20H18N2/c1-15-7-8-18-5-3-4-6-19(18)20(15)14-22-13-16(2)17-9-11-21-12-10-17/h3-12,14H,2,13H2,1H3. The van der Waals surface area contributed by atoms with Crippen LogP contribution in [0.15, 0.2) is 72.5 Å². The Morgan fingerprint density at radius 2 is 1.86 bits per heavy atom. The molecule has 1 aromatic heterocycles. The molecule has 2 aromatic carbocycles. The largest absolute Gasteiger partial charge is 0.288 e. The molecule has 1 heterocycles. The van der Waals surface area contributed by atoms with Gasteiger partial charge in [-0.1, -0.05) is 43.0 Å². The van der Waals surface area contributed by atoms with Crippen LogP contribution in [-0.4, -0.2) is 17.7 Å². The molecule has 0 amide bonds. The highest BCUT2D eigenvalue weighted by Gasteiger charge is 2.02. The van der Waals surface area contributed by atoms with E-state index in [9.17, 15) is 0 Å². The van der Waals surface area contributed by atoms with Gasteiger partial charge in [0.2, 0.25) is 0 Å². The molecule has 0 N–H and O–H groups in total. The Labute approximate surface area is 130 Å². The number of aryl methyl sites for hydroxylation is 1. The van der Waals surface area contributed by atoms with Crippen molar-refractivity contribution in [1.29, 1.82) is 0 Å². The Morgan fingerprint density at radius 3 is 2.68 bits per heavy atom. The second-order valence-electron chi connectivity index (χ2n) is 5.33. The molecule has 0 aliphatic heterocycles. The fraction of sp³-hybridized carbons (Fsp3) is 0.100. The minimum atomic E-state index is 0.590. The minimum Gasteiger partial charge on any atom is -0.288 e. The van der Waals surface area contributed by atoms with Gasteiger partial charge in [0.25, 0.3) is 0 Å². The molecular weight excluding hydrogens is 268 g/mol. The van der Waals surface area contributed by atoms with Gasteiger partial charge in [0, 0.05) is 24.2 Å². The summed E-state index contributed by atoms with van der Waals surface area (Å²) in [4.78, 5) is 8.61. The average Bonchev–Trinajstić information content (AvgIpc) is 2.57. The molecule has 22 heavy (non-hydrogen) atoms. The quantitative estimate of drug-likeness (QED) is 0.639. The number of hydrogen-bond acceptors (Lipinski definition) is 2. The lowest BCUT2D eigenvalue weighted by Crippen LogP contribution is -1.93. The van der Waals surface area contributed by atoms with Crippen molar-refractivity contribution in [2.45, 2.75) is 6.92 Å². The normalized spacial score (nSPS) is 11.1. The van der Waals surface area contributed by atoms with Crippen molar-refractivity contribution in [1.82, 2.24) is 4.98 Å². The molecule has 108 valence electrons. The lowest BCUT2D eigenvalue weighted by Gasteiger charge is -2.06. The number of benzene rings is 2. The van der Waals surface area contributed by atoms with E-state index in [1.54, 1.807) is 12.4 Å². The third-order valence-corrected chi connectivity index (χ3v) is 3.78. The van der Waals surface area contributed by atoms with Gasteiger partial charge in [-0.25, -0.2) is 0 Å². The number of pyridine rings is 1. The van der Waals surface area contributed by atoms with Crippen LogP contribution in [-0.2, 0) is 0 Å². The van der Waals surface area contributed by atoms with Crippen molar-refractivity contribution in [3.8, 4) is 0 Å². The molecule has 0 fully saturated rings. The van der Waals surface area contributed by atoms with Gasteiger partial charge in [0.1, 0.15) is 0 Å². The number of fused-ring (bicyclic) bond motifs is 1. The van der Waals surface area contributed by atoms with Gasteiger partial charge in [-0.15, -0.1) is 0 Å². The second-order valence-corrected chi connectivity index (χ2v) is 5.33. The molecule has 0 aliphatic carbocycles. The maximum absolute atomic E-state index is 4.58. The molecule has 0 bridgehead atoms. The lowest BCUT2D eigenvalue weighted by atomic mass is 10.0. The van der Waals surface area contributed by atoms with Gasteiger partial charge in [0.15, 0.2) is 0 Å². The Morgan fingerprint density at radius 1 is 1.09 bits per heavy atom. The third-order valence-electron chi connectivity index (χ3n) is 3.78. The van der Waals surface area contributed by atoms with Crippen molar-refractivity contribution in [3.63, 3.8) is 0 Å². The zero-order valence-corrected chi connectivity index (χ0v) is 12.7. The van der Waals surface area contributed by atoms with Crippen LogP contribution >= 0.6 is 0 Å². The first kappa shape index (κ1) is 14.2. The Hall–Kier alpha value is -2.74. The lowest BCUT2D eigenvalue weighted by molar-refractivity contribution is 1.25. The summed E-state index contributed by atoms with van der Waals surface area (Å²) in [5, 5.41) is 2.48. The van der Waals surface area contributed by atoms with Crippen molar-refractivity contribution < 1.29 is 0 Å². The van der Waals surface area contributed by atoms with Crippen LogP contribution in [0.2, 0.25) is 0 Å². The van der Waals surface area contributed by atoms with Crippen LogP contribution in [0.25, 0.3) is 16.3 Å². The molecule has 0 unspecified atom stereocenters. The van der Waals surface area contributed by atoms with Crippen molar-refractivity contribution in [3.05, 3.63) is 84.2 Å². The third kappa shape index (κ3) is 2.96. The first-order valence-corrected chi connectivity index (χ1v) is 7.32. The van der Waals surface area contributed by atoms with Gasteiger partial charge in [0.05, 0.1) is 6.54 Å². The van der Waals surface area contributed by atoms with Crippen molar-refractivity contribution in [2.75, 3.05) is 6.54 Å². The summed E-state index contributed by atoms with van der Waals surface area (Å²) in [6.07, 6.45) is 5.52. The molecule has 2 heteroatoms. The van der Waals surface area contributed by atoms with Crippen LogP contribution in [0.5, 0.6) is 0 Å². The maximum atomic E-state index is 4.58. The SMILES string of the molecule is C=C(CN=Cc1c(C)ccc2ccccc12)c1ccncc1. The molecule has 3 aromatic rings. The molecule has 0 atom stereocenters. The number of nitrogens with zero attached hydrogens (tertiary/aromatic N) is 2. The number of hydrogen-bond donors (Lipinski definition) is 0. The van der Waals surface area contributed by atoms with Crippen LogP contribution in [0, 0.1) is 6.92 Å². The van der Waals surface area contributed by atoms with Crippen molar-refractivity contribution >= 4 is 22.6 Å². The Kier molecular flexibility index (Phi) is 4.10. The molecule has 0 radical (unpaired) electrons. The zero-order chi connectivity index (χ0) is 15.4. The van der Waals surface area contributed by atoms with Crippen LogP contribution in [0.1, 0.15) is 16.7 Å². The molecule has 2 nitrogen and oxygen atoms in total. The molecule has 0 saturated heterocycles. The summed E-state index contributed by atoms with van der Waals surface area (Å²) in [5.41, 5.74) is 4.50. The summed E-state index contributed by atoms with van der Waals surface area (Å²) >= 11 is 0. The fourth-order valence-electron chi connectivity index (χ4n) is 2.50. The average molecular weight is 286 g/mol. The fourth-order valence-corrected chi connectivity index (χ4v) is 2.50. The highest BCUT2D eigenvalue weighted by atomic mass is 14.7. The predicted molar refractivity (Wildman–Crippen MR) is 94.4 cm³/mol. The Balaban J connectivity index is 1.84. The van der Waals surface area contributed by atoms with E-state index < -0.39 is 0 Å². The van der Waals surface area contributed by atoms with Gasteiger partial charge in [-0.2, -0.15) is 0 Å². The van der Waals surface area contributed by atoms with Crippen LogP contribution in [0.4, 0.5) is 0 Å². The summed E-state index contributed by atoms with van der Waals surface area (Å²) in [6, 6.07) is 16.6. The number of aromatic nitrogens is 1. The molecule has 0 aliphatic rings.